The molecule has 2 N–H and O–H groups in total. The highest BCUT2D eigenvalue weighted by atomic mass is 35.5. The molecule has 2 aromatic carbocycles. The Bertz CT molecular complexity index is 1040. The van der Waals surface area contributed by atoms with Gasteiger partial charge in [0.2, 0.25) is 5.91 Å². The second kappa shape index (κ2) is 11.3. The molecule has 0 saturated carbocycles. The number of pyridine rings is 1. The van der Waals surface area contributed by atoms with Gasteiger partial charge >= 0.3 is 0 Å². The molecule has 0 aliphatic carbocycles. The van der Waals surface area contributed by atoms with Crippen molar-refractivity contribution in [2.24, 2.45) is 0 Å². The van der Waals surface area contributed by atoms with Crippen molar-refractivity contribution in [2.75, 3.05) is 26.2 Å². The minimum absolute atomic E-state index is 0.0428. The first-order chi connectivity index (χ1) is 16.9. The Hall–Kier alpha value is -2.73. The zero-order valence-corrected chi connectivity index (χ0v) is 21.0. The van der Waals surface area contributed by atoms with Gasteiger partial charge in [-0.15, -0.1) is 0 Å². The predicted molar refractivity (Wildman–Crippen MR) is 140 cm³/mol. The van der Waals surface area contributed by atoms with Crippen LogP contribution in [0.4, 0.5) is 0 Å². The van der Waals surface area contributed by atoms with Crippen LogP contribution < -0.4 is 5.32 Å². The smallest absolute Gasteiger partial charge is 0.216 e. The van der Waals surface area contributed by atoms with Crippen LogP contribution in [0.2, 0.25) is 5.02 Å². The van der Waals surface area contributed by atoms with Gasteiger partial charge < -0.3 is 15.3 Å². The summed E-state index contributed by atoms with van der Waals surface area (Å²) in [5.74, 6) is -0.0428. The molecule has 1 aromatic heterocycles. The quantitative estimate of drug-likeness (QED) is 0.446. The molecule has 35 heavy (non-hydrogen) atoms. The van der Waals surface area contributed by atoms with Crippen molar-refractivity contribution in [1.82, 2.24) is 15.2 Å². The van der Waals surface area contributed by atoms with Crippen LogP contribution in [0.25, 0.3) is 0 Å². The monoisotopic (exact) mass is 491 g/mol. The largest absolute Gasteiger partial charge is 0.385 e. The number of benzene rings is 2. The van der Waals surface area contributed by atoms with Gasteiger partial charge in [-0.1, -0.05) is 60.1 Å². The predicted octanol–water partition coefficient (Wildman–Crippen LogP) is 4.92. The third-order valence-electron chi connectivity index (χ3n) is 7.26. The normalized spacial score (nSPS) is 17.5. The molecule has 1 aliphatic heterocycles. The van der Waals surface area contributed by atoms with Crippen LogP contribution in [0.1, 0.15) is 49.4 Å². The Balaban J connectivity index is 1.46. The van der Waals surface area contributed by atoms with Crippen LogP contribution in [0.15, 0.2) is 79.0 Å². The minimum Gasteiger partial charge on any atom is -0.385 e. The molecule has 5 nitrogen and oxygen atoms in total. The molecule has 0 bridgehead atoms. The summed E-state index contributed by atoms with van der Waals surface area (Å²) in [5, 5.41) is 15.0. The van der Waals surface area contributed by atoms with E-state index in [4.69, 9.17) is 16.6 Å². The van der Waals surface area contributed by atoms with Gasteiger partial charge in [0.05, 0.1) is 16.7 Å². The lowest BCUT2D eigenvalue weighted by Crippen LogP contribution is -2.44. The molecule has 0 radical (unpaired) electrons. The van der Waals surface area contributed by atoms with Gasteiger partial charge in [0.1, 0.15) is 0 Å². The first kappa shape index (κ1) is 25.4. The molecule has 1 unspecified atom stereocenters. The number of hydrogen-bond acceptors (Lipinski definition) is 4. The molecule has 184 valence electrons. The van der Waals surface area contributed by atoms with Gasteiger partial charge in [-0.2, -0.15) is 0 Å². The molecular formula is C29H34ClN3O2. The number of nitrogens with one attached hydrogen (secondary N) is 1. The molecule has 0 spiro atoms. The number of amides is 1. The molecule has 1 fully saturated rings. The molecule has 6 heteroatoms. The lowest BCUT2D eigenvalue weighted by Gasteiger charge is -2.39. The van der Waals surface area contributed by atoms with Gasteiger partial charge in [-0.25, -0.2) is 0 Å². The Morgan fingerprint density at radius 1 is 1.06 bits per heavy atom. The molecule has 3 aromatic rings. The number of halogens is 1. The van der Waals surface area contributed by atoms with E-state index in [0.29, 0.717) is 24.4 Å². The maximum Gasteiger partial charge on any atom is 0.216 e. The van der Waals surface area contributed by atoms with E-state index in [1.165, 1.54) is 0 Å². The van der Waals surface area contributed by atoms with Crippen molar-refractivity contribution in [2.45, 2.75) is 43.6 Å². The van der Waals surface area contributed by atoms with E-state index < -0.39 is 11.0 Å². The van der Waals surface area contributed by atoms with E-state index in [0.717, 1.165) is 49.3 Å². The fourth-order valence-electron chi connectivity index (χ4n) is 5.18. The van der Waals surface area contributed by atoms with Crippen LogP contribution in [0.5, 0.6) is 0 Å². The van der Waals surface area contributed by atoms with Crippen molar-refractivity contribution >= 4 is 17.5 Å². The van der Waals surface area contributed by atoms with Crippen molar-refractivity contribution in [3.63, 3.8) is 0 Å². The third-order valence-corrected chi connectivity index (χ3v) is 7.52. The lowest BCUT2D eigenvalue weighted by molar-refractivity contribution is -0.119. The Morgan fingerprint density at radius 2 is 1.74 bits per heavy atom. The number of aromatic nitrogens is 1. The van der Waals surface area contributed by atoms with Crippen molar-refractivity contribution in [1.29, 1.82) is 0 Å². The summed E-state index contributed by atoms with van der Waals surface area (Å²) < 4.78 is 0. The van der Waals surface area contributed by atoms with Gasteiger partial charge in [-0.05, 0) is 67.6 Å². The highest BCUT2D eigenvalue weighted by Gasteiger charge is 2.37. The summed E-state index contributed by atoms with van der Waals surface area (Å²) in [4.78, 5) is 19.0. The van der Waals surface area contributed by atoms with Crippen LogP contribution in [-0.4, -0.2) is 47.1 Å². The summed E-state index contributed by atoms with van der Waals surface area (Å²) in [6.45, 7) is 4.67. The van der Waals surface area contributed by atoms with Crippen LogP contribution in [-0.2, 0) is 15.8 Å². The fourth-order valence-corrected chi connectivity index (χ4v) is 5.31. The SMILES string of the molecule is CC(=O)NCC(CCCN1CCC(O)(c2ccc(Cl)cc2)CC1)(c1ccccc1)c1ccccn1. The molecule has 1 amide bonds. The van der Waals surface area contributed by atoms with E-state index in [1.54, 1.807) is 6.92 Å². The van der Waals surface area contributed by atoms with Crippen LogP contribution >= 0.6 is 11.6 Å². The third kappa shape index (κ3) is 6.10. The van der Waals surface area contributed by atoms with E-state index in [9.17, 15) is 9.90 Å². The number of piperidine rings is 1. The van der Waals surface area contributed by atoms with E-state index in [-0.39, 0.29) is 5.91 Å². The Kier molecular flexibility index (Phi) is 8.22. The number of aliphatic hydroxyl groups is 1. The summed E-state index contributed by atoms with van der Waals surface area (Å²) in [5.41, 5.74) is 1.86. The van der Waals surface area contributed by atoms with Gasteiger partial charge in [0.15, 0.2) is 0 Å². The zero-order valence-electron chi connectivity index (χ0n) is 20.3. The molecule has 2 heterocycles. The summed E-state index contributed by atoms with van der Waals surface area (Å²) >= 11 is 6.02. The topological polar surface area (TPSA) is 65.5 Å². The van der Waals surface area contributed by atoms with Crippen LogP contribution in [0.3, 0.4) is 0 Å². The number of carbonyl (C=O) groups is 1. The van der Waals surface area contributed by atoms with E-state index >= 15 is 0 Å². The summed E-state index contributed by atoms with van der Waals surface area (Å²) in [7, 11) is 0. The molecular weight excluding hydrogens is 458 g/mol. The maximum absolute atomic E-state index is 11.9. The second-order valence-corrected chi connectivity index (χ2v) is 9.99. The maximum atomic E-state index is 11.9. The molecule has 4 rings (SSSR count). The Morgan fingerprint density at radius 3 is 2.37 bits per heavy atom. The lowest BCUT2D eigenvalue weighted by atomic mass is 9.73. The number of carbonyl (C=O) groups excluding carboxylic acids is 1. The standard InChI is InChI=1S/C29H34ClN3O2/c1-23(34)32-22-28(24-8-3-2-4-9-24,27-10-5-6-18-31-27)15-7-19-33-20-16-29(35,17-21-33)25-11-13-26(30)14-12-25/h2-6,8-14,18,35H,7,15-17,19-22H2,1H3,(H,32,34). The van der Waals surface area contributed by atoms with Crippen molar-refractivity contribution < 1.29 is 9.90 Å². The number of nitrogens with zero attached hydrogens (tertiary/aromatic N) is 2. The minimum atomic E-state index is -0.797. The Labute approximate surface area is 213 Å². The van der Waals surface area contributed by atoms with Crippen molar-refractivity contribution in [3.05, 3.63) is 101 Å². The highest BCUT2D eigenvalue weighted by Crippen LogP contribution is 2.37. The van der Waals surface area contributed by atoms with Crippen molar-refractivity contribution in [3.8, 4) is 0 Å². The second-order valence-electron chi connectivity index (χ2n) is 9.56. The zero-order chi connectivity index (χ0) is 24.7. The average molecular weight is 492 g/mol. The summed E-state index contributed by atoms with van der Waals surface area (Å²) in [6, 6.07) is 23.9. The van der Waals surface area contributed by atoms with E-state index in [2.05, 4.69) is 28.4 Å². The number of likely N-dealkylation sites (tertiary alicyclic amines) is 1. The average Bonchev–Trinajstić information content (AvgIpc) is 2.89. The van der Waals surface area contributed by atoms with Gasteiger partial charge in [0.25, 0.3) is 0 Å². The molecule has 1 aliphatic rings. The number of rotatable bonds is 9. The highest BCUT2D eigenvalue weighted by molar-refractivity contribution is 6.30. The summed E-state index contributed by atoms with van der Waals surface area (Å²) in [6.07, 6.45) is 5.02. The van der Waals surface area contributed by atoms with E-state index in [1.807, 2.05) is 60.8 Å². The van der Waals surface area contributed by atoms with Gasteiger partial charge in [0, 0.05) is 37.8 Å². The van der Waals surface area contributed by atoms with Gasteiger partial charge in [-0.3, -0.25) is 9.78 Å². The molecule has 1 atom stereocenters. The molecule has 1 saturated heterocycles. The van der Waals surface area contributed by atoms with Crippen LogP contribution in [0, 0.1) is 0 Å². The number of hydrogen-bond donors (Lipinski definition) is 2. The first-order valence-electron chi connectivity index (χ1n) is 12.3. The first-order valence-corrected chi connectivity index (χ1v) is 12.7. The fraction of sp³-hybridized carbons (Fsp3) is 0.379.